The summed E-state index contributed by atoms with van der Waals surface area (Å²) in [7, 11) is 0. The number of benzene rings is 1. The van der Waals surface area contributed by atoms with E-state index in [1.54, 1.807) is 13.8 Å². The molecule has 0 bridgehead atoms. The molecular weight excluding hydrogens is 204 g/mol. The van der Waals surface area contributed by atoms with Crippen LogP contribution in [0.5, 0.6) is 0 Å². The van der Waals surface area contributed by atoms with Crippen LogP contribution >= 0.6 is 0 Å². The normalized spacial score (nSPS) is 12.6. The number of rotatable bonds is 4. The highest BCUT2D eigenvalue weighted by Gasteiger charge is 2.25. The molecule has 0 heterocycles. The van der Waals surface area contributed by atoms with Gasteiger partial charge in [0.05, 0.1) is 5.54 Å². The summed E-state index contributed by atoms with van der Waals surface area (Å²) >= 11 is 0. The Morgan fingerprint density at radius 2 is 1.75 bits per heavy atom. The van der Waals surface area contributed by atoms with Gasteiger partial charge in [0.2, 0.25) is 0 Å². The molecule has 0 aromatic heterocycles. The van der Waals surface area contributed by atoms with Gasteiger partial charge in [-0.3, -0.25) is 0 Å². The van der Waals surface area contributed by atoms with Crippen LogP contribution in [0, 0.1) is 4.91 Å². The second-order valence-electron chi connectivity index (χ2n) is 4.97. The molecule has 1 aromatic carbocycles. The van der Waals surface area contributed by atoms with Crippen molar-refractivity contribution in [2.45, 2.75) is 38.8 Å². The van der Waals surface area contributed by atoms with E-state index in [4.69, 9.17) is 5.21 Å². The Balaban J connectivity index is 3.19. The van der Waals surface area contributed by atoms with Gasteiger partial charge in [-0.15, -0.1) is 4.91 Å². The van der Waals surface area contributed by atoms with E-state index < -0.39 is 11.1 Å². The van der Waals surface area contributed by atoms with Crippen LogP contribution in [0.3, 0.4) is 0 Å². The van der Waals surface area contributed by atoms with Crippen LogP contribution in [-0.4, -0.2) is 5.21 Å². The van der Waals surface area contributed by atoms with Crippen LogP contribution in [0.25, 0.3) is 0 Å². The summed E-state index contributed by atoms with van der Waals surface area (Å²) < 4.78 is 0. The first kappa shape index (κ1) is 12.8. The van der Waals surface area contributed by atoms with Crippen LogP contribution in [0.15, 0.2) is 29.4 Å². The maximum Gasteiger partial charge on any atom is 0.122 e. The van der Waals surface area contributed by atoms with E-state index in [1.165, 1.54) is 0 Å². The molecule has 1 rings (SSSR count). The third kappa shape index (κ3) is 2.46. The zero-order valence-corrected chi connectivity index (χ0v) is 10.1. The Kier molecular flexibility index (Phi) is 3.45. The molecule has 4 heteroatoms. The van der Waals surface area contributed by atoms with Crippen molar-refractivity contribution < 1.29 is 5.21 Å². The molecule has 0 aliphatic heterocycles. The molecule has 0 fully saturated rings. The van der Waals surface area contributed by atoms with Crippen LogP contribution < -0.4 is 5.48 Å². The lowest BCUT2D eigenvalue weighted by molar-refractivity contribution is 0.0805. The molecule has 1 aromatic rings. The minimum Gasteiger partial charge on any atom is -0.316 e. The van der Waals surface area contributed by atoms with Gasteiger partial charge in [0.15, 0.2) is 0 Å². The highest BCUT2D eigenvalue weighted by atomic mass is 16.5. The standard InChI is InChI=1S/C12H18N2O2/c1-11(2,13-15)9-6-5-7-10(8-9)12(3,4)14-16/h5-8,13,15H,1-4H3. The first-order chi connectivity index (χ1) is 7.33. The van der Waals surface area contributed by atoms with E-state index >= 15 is 0 Å². The van der Waals surface area contributed by atoms with Crippen molar-refractivity contribution >= 4 is 0 Å². The molecule has 0 atom stereocenters. The summed E-state index contributed by atoms with van der Waals surface area (Å²) in [6.07, 6.45) is 0. The molecule has 16 heavy (non-hydrogen) atoms. The van der Waals surface area contributed by atoms with Crippen molar-refractivity contribution in [1.29, 1.82) is 0 Å². The Bertz CT molecular complexity index is 386. The van der Waals surface area contributed by atoms with Crippen molar-refractivity contribution in [2.24, 2.45) is 5.18 Å². The maximum absolute atomic E-state index is 10.7. The summed E-state index contributed by atoms with van der Waals surface area (Å²) in [5, 5.41) is 12.2. The summed E-state index contributed by atoms with van der Waals surface area (Å²) in [6.45, 7) is 7.23. The summed E-state index contributed by atoms with van der Waals surface area (Å²) in [5.41, 5.74) is 2.69. The van der Waals surface area contributed by atoms with Gasteiger partial charge in [0, 0.05) is 0 Å². The second kappa shape index (κ2) is 4.31. The molecule has 0 saturated carbocycles. The largest absolute Gasteiger partial charge is 0.316 e. The fourth-order valence-electron chi connectivity index (χ4n) is 1.41. The van der Waals surface area contributed by atoms with E-state index in [2.05, 4.69) is 10.7 Å². The first-order valence-electron chi connectivity index (χ1n) is 5.20. The number of hydrogen-bond acceptors (Lipinski definition) is 4. The molecule has 0 saturated heterocycles. The van der Waals surface area contributed by atoms with Crippen LogP contribution in [-0.2, 0) is 11.1 Å². The van der Waals surface area contributed by atoms with Crippen LogP contribution in [0.4, 0.5) is 0 Å². The lowest BCUT2D eigenvalue weighted by atomic mass is 9.88. The van der Waals surface area contributed by atoms with E-state index in [9.17, 15) is 4.91 Å². The van der Waals surface area contributed by atoms with E-state index in [0.717, 1.165) is 11.1 Å². The molecule has 0 aliphatic rings. The van der Waals surface area contributed by atoms with Gasteiger partial charge in [0.1, 0.15) is 5.54 Å². The molecule has 4 nitrogen and oxygen atoms in total. The van der Waals surface area contributed by atoms with E-state index in [-0.39, 0.29) is 0 Å². The minimum atomic E-state index is -0.748. The zero-order chi connectivity index (χ0) is 12.4. The molecule has 0 unspecified atom stereocenters. The average molecular weight is 222 g/mol. The fourth-order valence-corrected chi connectivity index (χ4v) is 1.41. The summed E-state index contributed by atoms with van der Waals surface area (Å²) in [6, 6.07) is 7.49. The van der Waals surface area contributed by atoms with Gasteiger partial charge in [-0.1, -0.05) is 29.4 Å². The Hall–Kier alpha value is -1.26. The van der Waals surface area contributed by atoms with E-state index in [0.29, 0.717) is 0 Å². The summed E-state index contributed by atoms with van der Waals surface area (Å²) in [4.78, 5) is 10.7. The average Bonchev–Trinajstić information content (AvgIpc) is 2.29. The third-order valence-corrected chi connectivity index (χ3v) is 2.80. The molecular formula is C12H18N2O2. The Morgan fingerprint density at radius 3 is 2.25 bits per heavy atom. The monoisotopic (exact) mass is 222 g/mol. The van der Waals surface area contributed by atoms with Gasteiger partial charge < -0.3 is 5.21 Å². The number of nitroso groups, excluding NO2 is 1. The second-order valence-corrected chi connectivity index (χ2v) is 4.97. The van der Waals surface area contributed by atoms with Gasteiger partial charge in [-0.25, -0.2) is 0 Å². The Labute approximate surface area is 95.6 Å². The molecule has 2 N–H and O–H groups in total. The number of hydrogen-bond donors (Lipinski definition) is 2. The summed E-state index contributed by atoms with van der Waals surface area (Å²) in [5.74, 6) is 0. The number of nitrogens with zero attached hydrogens (tertiary/aromatic N) is 1. The minimum absolute atomic E-state index is 0.547. The zero-order valence-electron chi connectivity index (χ0n) is 10.1. The predicted molar refractivity (Wildman–Crippen MR) is 63.2 cm³/mol. The smallest absolute Gasteiger partial charge is 0.122 e. The van der Waals surface area contributed by atoms with Crippen LogP contribution in [0.2, 0.25) is 0 Å². The third-order valence-electron chi connectivity index (χ3n) is 2.80. The highest BCUT2D eigenvalue weighted by Crippen LogP contribution is 2.28. The van der Waals surface area contributed by atoms with Crippen LogP contribution in [0.1, 0.15) is 38.8 Å². The number of nitrogens with one attached hydrogen (secondary N) is 1. The first-order valence-corrected chi connectivity index (χ1v) is 5.20. The fraction of sp³-hybridized carbons (Fsp3) is 0.500. The van der Waals surface area contributed by atoms with Gasteiger partial charge >= 0.3 is 0 Å². The highest BCUT2D eigenvalue weighted by molar-refractivity contribution is 5.32. The van der Waals surface area contributed by atoms with Crippen molar-refractivity contribution in [3.8, 4) is 0 Å². The van der Waals surface area contributed by atoms with E-state index in [1.807, 2.05) is 38.1 Å². The molecule has 0 amide bonds. The van der Waals surface area contributed by atoms with Gasteiger partial charge in [0.25, 0.3) is 0 Å². The maximum atomic E-state index is 10.7. The molecule has 0 aliphatic carbocycles. The van der Waals surface area contributed by atoms with Crippen molar-refractivity contribution in [3.05, 3.63) is 40.3 Å². The van der Waals surface area contributed by atoms with Gasteiger partial charge in [-0.2, -0.15) is 5.48 Å². The topological polar surface area (TPSA) is 61.7 Å². The molecule has 88 valence electrons. The predicted octanol–water partition coefficient (Wildman–Crippen LogP) is 2.90. The quantitative estimate of drug-likeness (QED) is 0.608. The lowest BCUT2D eigenvalue weighted by Crippen LogP contribution is -2.34. The molecule has 0 spiro atoms. The Morgan fingerprint density at radius 1 is 1.19 bits per heavy atom. The molecule has 0 radical (unpaired) electrons. The lowest BCUT2D eigenvalue weighted by Gasteiger charge is -2.25. The number of hydroxylamine groups is 1. The van der Waals surface area contributed by atoms with Crippen molar-refractivity contribution in [3.63, 3.8) is 0 Å². The van der Waals surface area contributed by atoms with Crippen molar-refractivity contribution in [1.82, 2.24) is 5.48 Å². The van der Waals surface area contributed by atoms with Crippen molar-refractivity contribution in [2.75, 3.05) is 0 Å². The SMILES string of the molecule is CC(C)(N=O)c1cccc(C(C)(C)NO)c1. The van der Waals surface area contributed by atoms with Gasteiger partial charge in [-0.05, 0) is 38.8 Å².